The summed E-state index contributed by atoms with van der Waals surface area (Å²) in [7, 11) is 0. The molecule has 11 N–H and O–H groups in total. The largest absolute Gasteiger partial charge is 0.508 e. The fraction of sp³-hybridized carbons (Fsp3) is 0.385. The highest BCUT2D eigenvalue weighted by molar-refractivity contribution is 6.41. The number of anilines is 1. The van der Waals surface area contributed by atoms with E-state index >= 15 is 0 Å². The zero-order valence-corrected chi connectivity index (χ0v) is 31.8. The van der Waals surface area contributed by atoms with E-state index in [9.17, 15) is 80.1 Å². The maximum atomic E-state index is 12.9. The number of aliphatic imine (C=N–C) groups is 1. The number of aliphatic carboxylic acids is 4. The molecular weight excluding hydrogens is 832 g/mol. The Kier molecular flexibility index (Phi) is 13.6. The normalized spacial score (nSPS) is 31.0. The summed E-state index contributed by atoms with van der Waals surface area (Å²) in [5, 5.41) is 113. The van der Waals surface area contributed by atoms with Gasteiger partial charge >= 0.3 is 29.8 Å². The first-order valence-electron chi connectivity index (χ1n) is 18.5. The molecule has 0 radical (unpaired) electrons. The van der Waals surface area contributed by atoms with Crippen molar-refractivity contribution in [1.29, 1.82) is 0 Å². The topological polar surface area (TPSA) is 370 Å². The van der Waals surface area contributed by atoms with Crippen molar-refractivity contribution < 1.29 is 104 Å². The number of aromatic hydroxyl groups is 2. The van der Waals surface area contributed by atoms with Crippen LogP contribution in [0, 0.1) is 0 Å². The zero-order valence-electron chi connectivity index (χ0n) is 31.8. The average molecular weight is 873 g/mol. The van der Waals surface area contributed by atoms with Gasteiger partial charge in [-0.1, -0.05) is 12.1 Å². The Morgan fingerprint density at radius 3 is 2.13 bits per heavy atom. The van der Waals surface area contributed by atoms with Crippen molar-refractivity contribution in [3.8, 4) is 17.2 Å². The number of dihydropyridines is 1. The number of carboxylic acids is 4. The third kappa shape index (κ3) is 9.69. The molecule has 2 aromatic carbocycles. The minimum atomic E-state index is -2.20. The number of rotatable bonds is 14. The van der Waals surface area contributed by atoms with Gasteiger partial charge in [-0.25, -0.2) is 24.0 Å². The van der Waals surface area contributed by atoms with E-state index in [1.807, 2.05) is 0 Å². The number of fused-ring (bicyclic) bond motifs is 1. The second-order valence-electron chi connectivity index (χ2n) is 14.3. The van der Waals surface area contributed by atoms with Crippen LogP contribution in [0.2, 0.25) is 0 Å². The van der Waals surface area contributed by atoms with Crippen molar-refractivity contribution in [3.05, 3.63) is 77.5 Å². The minimum absolute atomic E-state index is 0.0575. The predicted octanol–water partition coefficient (Wildman–Crippen LogP) is -1.90. The highest BCUT2D eigenvalue weighted by atomic mass is 16.8. The Morgan fingerprint density at radius 2 is 1.50 bits per heavy atom. The highest BCUT2D eigenvalue weighted by Gasteiger charge is 2.54. The van der Waals surface area contributed by atoms with E-state index in [0.717, 1.165) is 18.2 Å². The van der Waals surface area contributed by atoms with Crippen LogP contribution in [0.5, 0.6) is 17.2 Å². The molecule has 0 spiro atoms. The van der Waals surface area contributed by atoms with Crippen LogP contribution in [-0.4, -0.2) is 172 Å². The number of carboxylic acid groups (broad SMARTS) is 4. The maximum Gasteiger partial charge on any atom is 0.354 e. The summed E-state index contributed by atoms with van der Waals surface area (Å²) in [6, 6.07) is 5.10. The Labute approximate surface area is 348 Å². The van der Waals surface area contributed by atoms with E-state index in [0.29, 0.717) is 5.56 Å². The smallest absolute Gasteiger partial charge is 0.354 e. The van der Waals surface area contributed by atoms with E-state index in [1.54, 1.807) is 0 Å². The molecule has 332 valence electrons. The third-order valence-corrected chi connectivity index (χ3v) is 10.2. The lowest BCUT2D eigenvalue weighted by Crippen LogP contribution is -2.66. The fourth-order valence-corrected chi connectivity index (χ4v) is 7.00. The lowest BCUT2D eigenvalue weighted by atomic mass is 9.97. The predicted molar refractivity (Wildman–Crippen MR) is 203 cm³/mol. The molecule has 4 heterocycles. The fourth-order valence-electron chi connectivity index (χ4n) is 7.00. The van der Waals surface area contributed by atoms with Gasteiger partial charge in [0.05, 0.1) is 6.61 Å². The Bertz CT molecular complexity index is 2190. The Balaban J connectivity index is 1.28. The molecule has 0 unspecified atom stereocenters. The highest BCUT2D eigenvalue weighted by Crippen LogP contribution is 2.42. The first-order valence-corrected chi connectivity index (χ1v) is 18.5. The number of aliphatic hydroxyl groups excluding tert-OH is 5. The summed E-state index contributed by atoms with van der Waals surface area (Å²) >= 11 is 0. The third-order valence-electron chi connectivity index (χ3n) is 10.2. The monoisotopic (exact) mass is 872 g/mol. The van der Waals surface area contributed by atoms with Crippen molar-refractivity contribution in [2.75, 3.05) is 11.5 Å². The van der Waals surface area contributed by atoms with E-state index in [1.165, 1.54) is 53.6 Å². The van der Waals surface area contributed by atoms with Crippen LogP contribution < -0.4 is 9.64 Å². The quantitative estimate of drug-likeness (QED) is 0.0729. The lowest BCUT2D eigenvalue weighted by Gasteiger charge is -2.46. The molecule has 0 amide bonds. The van der Waals surface area contributed by atoms with Crippen LogP contribution in [0.15, 0.2) is 71.4 Å². The molecule has 2 saturated heterocycles. The summed E-state index contributed by atoms with van der Waals surface area (Å²) < 4.78 is 28.1. The zero-order chi connectivity index (χ0) is 45.2. The van der Waals surface area contributed by atoms with Crippen LogP contribution in [0.3, 0.4) is 0 Å². The van der Waals surface area contributed by atoms with Gasteiger partial charge in [-0.2, -0.15) is 0 Å². The molecule has 2 aromatic rings. The first-order chi connectivity index (χ1) is 29.4. The molecule has 4 aliphatic rings. The molecule has 62 heavy (non-hydrogen) atoms. The number of allylic oxidation sites excluding steroid dienone is 1. The van der Waals surface area contributed by atoms with Gasteiger partial charge in [0, 0.05) is 36.9 Å². The van der Waals surface area contributed by atoms with Crippen LogP contribution in [0.1, 0.15) is 17.5 Å². The van der Waals surface area contributed by atoms with Crippen molar-refractivity contribution in [1.82, 2.24) is 0 Å². The van der Waals surface area contributed by atoms with Gasteiger partial charge in [-0.3, -0.25) is 4.99 Å². The molecule has 6 rings (SSSR count). The van der Waals surface area contributed by atoms with Gasteiger partial charge in [-0.05, 0) is 53.1 Å². The second-order valence-corrected chi connectivity index (χ2v) is 14.3. The number of aliphatic hydroxyl groups is 5. The van der Waals surface area contributed by atoms with Crippen molar-refractivity contribution >= 4 is 47.3 Å². The molecule has 12 atom stereocenters. The number of nitrogens with zero attached hydrogens (tertiary/aromatic N) is 2. The molecule has 0 bridgehead atoms. The van der Waals surface area contributed by atoms with Crippen LogP contribution in [-0.2, 0) is 49.3 Å². The lowest BCUT2D eigenvalue weighted by molar-refractivity contribution is -0.354. The standard InChI is InChI=1S/C39H40N2O21/c42-14-25-27(46)28(47)33(62-39-32(30(49)29(48)31(61-39)37(56)57)60-26(45)6-3-15-1-4-18(43)5-2-15)38(59-25)58-24-12-17-11-22(36(54)55)41(21(17)13-23(24)44)8-7-16-9-19(34(50)51)40-20(10-16)35(52)53/h1-9,12-13,20,22,25,27-33,38-39,42-44,46-49H,10-11,14H2,(H,50,51)(H,52,53)(H,54,55)(H,56,57)/b6-3+,8-7+/t20-,22+,25-,27-,28+,29+,30+,31+,32-,33-,38-,39+/m1/s1. The van der Waals surface area contributed by atoms with Crippen molar-refractivity contribution in [2.24, 2.45) is 4.99 Å². The Hall–Kier alpha value is -6.44. The molecule has 0 aromatic heterocycles. The van der Waals surface area contributed by atoms with E-state index in [4.69, 9.17) is 23.7 Å². The summed E-state index contributed by atoms with van der Waals surface area (Å²) in [4.78, 5) is 65.4. The molecular formula is C39H40N2O21. The molecule has 4 aliphatic heterocycles. The second kappa shape index (κ2) is 18.7. The summed E-state index contributed by atoms with van der Waals surface area (Å²) in [5.41, 5.74) is 0.428. The Morgan fingerprint density at radius 1 is 0.806 bits per heavy atom. The van der Waals surface area contributed by atoms with Gasteiger partial charge in [0.1, 0.15) is 48.0 Å². The number of hydrogen-bond acceptors (Lipinski definition) is 19. The van der Waals surface area contributed by atoms with Crippen molar-refractivity contribution in [2.45, 2.75) is 86.3 Å². The van der Waals surface area contributed by atoms with Crippen molar-refractivity contribution in [3.63, 3.8) is 0 Å². The van der Waals surface area contributed by atoms with Crippen LogP contribution >= 0.6 is 0 Å². The number of benzene rings is 2. The van der Waals surface area contributed by atoms with Crippen LogP contribution in [0.4, 0.5) is 5.69 Å². The number of esters is 1. The molecule has 23 nitrogen and oxygen atoms in total. The molecule has 0 saturated carbocycles. The van der Waals surface area contributed by atoms with Crippen LogP contribution in [0.25, 0.3) is 6.08 Å². The minimum Gasteiger partial charge on any atom is -0.508 e. The number of phenolic OH excluding ortho intramolecular Hbond substituents is 2. The number of phenols is 2. The van der Waals surface area contributed by atoms with E-state index < -0.39 is 127 Å². The molecule has 2 fully saturated rings. The number of carbonyl (C=O) groups excluding carboxylic acids is 1. The first kappa shape index (κ1) is 45.1. The van der Waals surface area contributed by atoms with Gasteiger partial charge in [0.15, 0.2) is 42.1 Å². The average Bonchev–Trinajstić information content (AvgIpc) is 3.58. The summed E-state index contributed by atoms with van der Waals surface area (Å²) in [6.07, 6.45) is -14.9. The SMILES string of the molecule is O=C(/C=C/c1ccc(O)cc1)O[C@H]1[C@H](O[C@H]2[C@H](Oc3cc4c(cc3O)N(/C=C/C3=CC(C(=O)O)=N[C@@H](C(=O)O)C3)[C@H](C(=O)O)C4)O[C@H](CO)[C@@H](O)[C@@H]2O)O[C@H](C(=O)O)[C@@H](O)[C@@H]1O. The van der Waals surface area contributed by atoms with Gasteiger partial charge in [0.25, 0.3) is 0 Å². The molecule has 23 heteroatoms. The summed E-state index contributed by atoms with van der Waals surface area (Å²) in [6.45, 7) is -0.911. The van der Waals surface area contributed by atoms with Gasteiger partial charge in [-0.15, -0.1) is 0 Å². The summed E-state index contributed by atoms with van der Waals surface area (Å²) in [5.74, 6) is -8.34. The van der Waals surface area contributed by atoms with E-state index in [2.05, 4.69) is 4.99 Å². The van der Waals surface area contributed by atoms with Gasteiger partial charge in [0.2, 0.25) is 6.29 Å². The van der Waals surface area contributed by atoms with Gasteiger partial charge < -0.3 is 84.8 Å². The van der Waals surface area contributed by atoms with E-state index in [-0.39, 0.29) is 35.4 Å². The number of ether oxygens (including phenoxy) is 5. The molecule has 0 aliphatic carbocycles. The number of carbonyl (C=O) groups is 5. The maximum absolute atomic E-state index is 12.9. The number of hydrogen-bond donors (Lipinski definition) is 11.